The molecule has 1 aromatic rings. The van der Waals surface area contributed by atoms with Gasteiger partial charge in [-0.2, -0.15) is 0 Å². The molecule has 0 aliphatic heterocycles. The van der Waals surface area contributed by atoms with E-state index in [0.717, 1.165) is 31.2 Å². The Morgan fingerprint density at radius 2 is 2.10 bits per heavy atom. The molecular weight excluding hydrogens is 258 g/mol. The SMILES string of the molecule is Cc1ccc([N+](=O)[O-])cc1C(=O)N[C@@H]1CCCC[C@H]1N. The second-order valence-electron chi connectivity index (χ2n) is 5.28. The first kappa shape index (κ1) is 14.5. The first-order valence-corrected chi connectivity index (χ1v) is 6.80. The molecule has 0 aromatic heterocycles. The van der Waals surface area contributed by atoms with Crippen molar-refractivity contribution >= 4 is 11.6 Å². The van der Waals surface area contributed by atoms with Gasteiger partial charge in [0.05, 0.1) is 4.92 Å². The number of hydrogen-bond acceptors (Lipinski definition) is 4. The normalized spacial score (nSPS) is 22.3. The molecule has 2 atom stereocenters. The lowest BCUT2D eigenvalue weighted by Gasteiger charge is -2.29. The first-order chi connectivity index (χ1) is 9.49. The van der Waals surface area contributed by atoms with Crippen LogP contribution in [0.3, 0.4) is 0 Å². The Balaban J connectivity index is 2.16. The number of non-ortho nitro benzene ring substituents is 1. The smallest absolute Gasteiger partial charge is 0.270 e. The van der Waals surface area contributed by atoms with E-state index in [1.54, 1.807) is 13.0 Å². The summed E-state index contributed by atoms with van der Waals surface area (Å²) in [4.78, 5) is 22.6. The van der Waals surface area contributed by atoms with Crippen molar-refractivity contribution < 1.29 is 9.72 Å². The standard InChI is InChI=1S/C14H19N3O3/c1-9-6-7-10(17(19)20)8-11(9)14(18)16-13-5-3-2-4-12(13)15/h6-8,12-13H,2-5,15H2,1H3,(H,16,18)/t12-,13-/m1/s1. The van der Waals surface area contributed by atoms with Crippen LogP contribution >= 0.6 is 0 Å². The average molecular weight is 277 g/mol. The number of benzene rings is 1. The molecule has 3 N–H and O–H groups in total. The third-order valence-electron chi connectivity index (χ3n) is 3.81. The summed E-state index contributed by atoms with van der Waals surface area (Å²) in [6.45, 7) is 1.76. The van der Waals surface area contributed by atoms with Crippen LogP contribution in [0.5, 0.6) is 0 Å². The Labute approximate surface area is 117 Å². The quantitative estimate of drug-likeness (QED) is 0.651. The van der Waals surface area contributed by atoms with Crippen LogP contribution in [0.2, 0.25) is 0 Å². The second-order valence-corrected chi connectivity index (χ2v) is 5.28. The highest BCUT2D eigenvalue weighted by atomic mass is 16.6. The van der Waals surface area contributed by atoms with Crippen molar-refractivity contribution in [2.75, 3.05) is 0 Å². The highest BCUT2D eigenvalue weighted by Crippen LogP contribution is 2.20. The maximum Gasteiger partial charge on any atom is 0.270 e. The summed E-state index contributed by atoms with van der Waals surface area (Å²) < 4.78 is 0. The van der Waals surface area contributed by atoms with Gasteiger partial charge in [0.2, 0.25) is 0 Å². The van der Waals surface area contributed by atoms with Crippen LogP contribution in [-0.4, -0.2) is 22.9 Å². The van der Waals surface area contributed by atoms with Gasteiger partial charge >= 0.3 is 0 Å². The summed E-state index contributed by atoms with van der Waals surface area (Å²) in [5.41, 5.74) is 6.99. The maximum atomic E-state index is 12.3. The molecule has 108 valence electrons. The number of rotatable bonds is 3. The fourth-order valence-corrected chi connectivity index (χ4v) is 2.55. The van der Waals surface area contributed by atoms with E-state index in [0.29, 0.717) is 5.56 Å². The number of carbonyl (C=O) groups excluding carboxylic acids is 1. The van der Waals surface area contributed by atoms with Crippen LogP contribution in [0.25, 0.3) is 0 Å². The van der Waals surface area contributed by atoms with Crippen molar-refractivity contribution in [2.45, 2.75) is 44.7 Å². The number of nitrogens with one attached hydrogen (secondary N) is 1. The molecule has 0 heterocycles. The van der Waals surface area contributed by atoms with Crippen LogP contribution in [-0.2, 0) is 0 Å². The summed E-state index contributed by atoms with van der Waals surface area (Å²) in [6, 6.07) is 4.23. The van der Waals surface area contributed by atoms with Crippen molar-refractivity contribution in [1.29, 1.82) is 0 Å². The topological polar surface area (TPSA) is 98.3 Å². The second kappa shape index (κ2) is 6.00. The minimum atomic E-state index is -0.497. The van der Waals surface area contributed by atoms with Gasteiger partial charge in [0.25, 0.3) is 11.6 Å². The van der Waals surface area contributed by atoms with Gasteiger partial charge in [0.1, 0.15) is 0 Å². The van der Waals surface area contributed by atoms with E-state index < -0.39 is 4.92 Å². The number of carbonyl (C=O) groups is 1. The number of nitrogens with two attached hydrogens (primary N) is 1. The number of amides is 1. The summed E-state index contributed by atoms with van der Waals surface area (Å²) in [7, 11) is 0. The van der Waals surface area contributed by atoms with Crippen LogP contribution in [0.15, 0.2) is 18.2 Å². The fourth-order valence-electron chi connectivity index (χ4n) is 2.55. The Morgan fingerprint density at radius 1 is 1.40 bits per heavy atom. The zero-order valence-corrected chi connectivity index (χ0v) is 11.5. The molecule has 1 aromatic carbocycles. The molecule has 0 radical (unpaired) electrons. The largest absolute Gasteiger partial charge is 0.348 e. The van der Waals surface area contributed by atoms with Crippen molar-refractivity contribution in [2.24, 2.45) is 5.73 Å². The van der Waals surface area contributed by atoms with Gasteiger partial charge in [0.15, 0.2) is 0 Å². The number of aryl methyl sites for hydroxylation is 1. The number of nitro groups is 1. The molecule has 1 saturated carbocycles. The third kappa shape index (κ3) is 3.14. The van der Waals surface area contributed by atoms with Gasteiger partial charge in [-0.3, -0.25) is 14.9 Å². The van der Waals surface area contributed by atoms with Crippen molar-refractivity contribution in [3.63, 3.8) is 0 Å². The molecule has 2 rings (SSSR count). The zero-order chi connectivity index (χ0) is 14.7. The predicted octanol–water partition coefficient (Wildman–Crippen LogP) is 1.90. The Bertz CT molecular complexity index is 530. The Morgan fingerprint density at radius 3 is 2.75 bits per heavy atom. The molecule has 1 aliphatic carbocycles. The highest BCUT2D eigenvalue weighted by Gasteiger charge is 2.24. The van der Waals surface area contributed by atoms with Crippen LogP contribution in [0.4, 0.5) is 5.69 Å². The van der Waals surface area contributed by atoms with Gasteiger partial charge in [-0.1, -0.05) is 18.9 Å². The van der Waals surface area contributed by atoms with Gasteiger partial charge < -0.3 is 11.1 Å². The lowest BCUT2D eigenvalue weighted by Crippen LogP contribution is -2.49. The first-order valence-electron chi connectivity index (χ1n) is 6.80. The van der Waals surface area contributed by atoms with Crippen LogP contribution in [0, 0.1) is 17.0 Å². The molecule has 0 bridgehead atoms. The molecule has 0 saturated heterocycles. The predicted molar refractivity (Wildman–Crippen MR) is 75.5 cm³/mol. The lowest BCUT2D eigenvalue weighted by molar-refractivity contribution is -0.384. The van der Waals surface area contributed by atoms with Crippen LogP contribution in [0.1, 0.15) is 41.6 Å². The summed E-state index contributed by atoms with van der Waals surface area (Å²) >= 11 is 0. The van der Waals surface area contributed by atoms with E-state index in [1.807, 2.05) is 0 Å². The minimum absolute atomic E-state index is 0.0355. The number of nitro benzene ring substituents is 1. The molecule has 20 heavy (non-hydrogen) atoms. The Hall–Kier alpha value is -1.95. The minimum Gasteiger partial charge on any atom is -0.348 e. The molecular formula is C14H19N3O3. The Kier molecular flexibility index (Phi) is 4.34. The molecule has 1 amide bonds. The molecule has 1 fully saturated rings. The van der Waals surface area contributed by atoms with E-state index in [9.17, 15) is 14.9 Å². The van der Waals surface area contributed by atoms with Gasteiger partial charge in [-0.15, -0.1) is 0 Å². The van der Waals surface area contributed by atoms with E-state index >= 15 is 0 Å². The third-order valence-corrected chi connectivity index (χ3v) is 3.81. The average Bonchev–Trinajstić information content (AvgIpc) is 2.41. The van der Waals surface area contributed by atoms with E-state index in [4.69, 9.17) is 5.73 Å². The van der Waals surface area contributed by atoms with Crippen molar-refractivity contribution in [3.8, 4) is 0 Å². The highest BCUT2D eigenvalue weighted by molar-refractivity contribution is 5.96. The molecule has 0 unspecified atom stereocenters. The lowest BCUT2D eigenvalue weighted by atomic mass is 9.90. The van der Waals surface area contributed by atoms with Crippen LogP contribution < -0.4 is 11.1 Å². The fraction of sp³-hybridized carbons (Fsp3) is 0.500. The maximum absolute atomic E-state index is 12.3. The zero-order valence-electron chi connectivity index (χ0n) is 11.5. The van der Waals surface area contributed by atoms with E-state index in [2.05, 4.69) is 5.32 Å². The molecule has 6 nitrogen and oxygen atoms in total. The monoisotopic (exact) mass is 277 g/mol. The summed E-state index contributed by atoms with van der Waals surface area (Å²) in [5.74, 6) is -0.284. The van der Waals surface area contributed by atoms with E-state index in [1.165, 1.54) is 12.1 Å². The molecule has 1 aliphatic rings. The number of hydrogen-bond donors (Lipinski definition) is 2. The number of nitrogens with zero attached hydrogens (tertiary/aromatic N) is 1. The summed E-state index contributed by atoms with van der Waals surface area (Å²) in [5, 5.41) is 13.7. The van der Waals surface area contributed by atoms with Gasteiger partial charge in [-0.05, 0) is 25.3 Å². The summed E-state index contributed by atoms with van der Waals surface area (Å²) in [6.07, 6.45) is 3.90. The van der Waals surface area contributed by atoms with Crippen molar-refractivity contribution in [3.05, 3.63) is 39.4 Å². The molecule has 6 heteroatoms. The van der Waals surface area contributed by atoms with Gasteiger partial charge in [0, 0.05) is 29.8 Å². The van der Waals surface area contributed by atoms with E-state index in [-0.39, 0.29) is 23.7 Å². The van der Waals surface area contributed by atoms with Gasteiger partial charge in [-0.25, -0.2) is 0 Å². The van der Waals surface area contributed by atoms with Crippen molar-refractivity contribution in [1.82, 2.24) is 5.32 Å². The molecule has 0 spiro atoms.